The molecule has 1 aliphatic heterocycles. The maximum Gasteiger partial charge on any atom is 0.269 e. The molecule has 0 unspecified atom stereocenters. The molecule has 0 spiro atoms. The van der Waals surface area contributed by atoms with Gasteiger partial charge in [-0.1, -0.05) is 18.2 Å². The number of hydrogen-bond acceptors (Lipinski definition) is 7. The third-order valence-electron chi connectivity index (χ3n) is 5.01. The van der Waals surface area contributed by atoms with Gasteiger partial charge in [0.1, 0.15) is 21.7 Å². The van der Waals surface area contributed by atoms with Crippen molar-refractivity contribution in [3.8, 4) is 6.07 Å². The van der Waals surface area contributed by atoms with E-state index in [1.54, 1.807) is 4.90 Å². The molecule has 152 valence electrons. The van der Waals surface area contributed by atoms with Gasteiger partial charge in [-0.15, -0.1) is 11.3 Å². The van der Waals surface area contributed by atoms with Crippen LogP contribution in [0.2, 0.25) is 0 Å². The van der Waals surface area contributed by atoms with Gasteiger partial charge in [0, 0.05) is 10.6 Å². The molecule has 0 saturated carbocycles. The van der Waals surface area contributed by atoms with E-state index in [9.17, 15) is 19.6 Å². The lowest BCUT2D eigenvalue weighted by Gasteiger charge is -2.19. The van der Waals surface area contributed by atoms with Crippen molar-refractivity contribution in [2.24, 2.45) is 5.73 Å². The number of benzene rings is 1. The highest BCUT2D eigenvalue weighted by atomic mass is 32.2. The number of nitrogens with zero attached hydrogens (tertiary/aromatic N) is 2. The summed E-state index contributed by atoms with van der Waals surface area (Å²) in [4.78, 5) is 39.9. The number of primary amides is 1. The number of anilines is 2. The summed E-state index contributed by atoms with van der Waals surface area (Å²) in [5, 5.41) is 12.9. The van der Waals surface area contributed by atoms with Crippen LogP contribution in [0.4, 0.5) is 10.7 Å². The Hall–Kier alpha value is -3.09. The van der Waals surface area contributed by atoms with Gasteiger partial charge in [0.2, 0.25) is 5.12 Å². The van der Waals surface area contributed by atoms with Crippen molar-refractivity contribution in [2.45, 2.75) is 25.7 Å². The summed E-state index contributed by atoms with van der Waals surface area (Å²) in [6, 6.07) is 11.0. The van der Waals surface area contributed by atoms with Crippen LogP contribution in [0.3, 0.4) is 0 Å². The first-order valence-corrected chi connectivity index (χ1v) is 11.1. The number of thiophene rings is 1. The fraction of sp³-hybridized carbons (Fsp3) is 0.238. The molecule has 1 saturated heterocycles. The Morgan fingerprint density at radius 3 is 2.60 bits per heavy atom. The Morgan fingerprint density at radius 2 is 1.90 bits per heavy atom. The Kier molecular flexibility index (Phi) is 5.61. The molecule has 2 aliphatic rings. The van der Waals surface area contributed by atoms with E-state index in [0.29, 0.717) is 10.6 Å². The number of rotatable bonds is 4. The molecular weight excluding hydrogens is 420 g/mol. The van der Waals surface area contributed by atoms with E-state index in [2.05, 4.69) is 5.32 Å². The van der Waals surface area contributed by atoms with E-state index >= 15 is 0 Å². The number of hydrogen-bond donors (Lipinski definition) is 2. The van der Waals surface area contributed by atoms with Crippen LogP contribution < -0.4 is 16.0 Å². The van der Waals surface area contributed by atoms with Crippen LogP contribution in [0.5, 0.6) is 0 Å². The summed E-state index contributed by atoms with van der Waals surface area (Å²) in [6.45, 7) is 0.0717. The molecule has 4 rings (SSSR count). The van der Waals surface area contributed by atoms with Crippen LogP contribution >= 0.6 is 23.1 Å². The van der Waals surface area contributed by atoms with E-state index in [-0.39, 0.29) is 22.3 Å². The van der Waals surface area contributed by atoms with Crippen LogP contribution in [0.15, 0.2) is 40.9 Å². The second kappa shape index (κ2) is 8.34. The van der Waals surface area contributed by atoms with Crippen molar-refractivity contribution in [3.63, 3.8) is 0 Å². The third-order valence-corrected chi connectivity index (χ3v) is 7.19. The van der Waals surface area contributed by atoms with Gasteiger partial charge < -0.3 is 16.0 Å². The Labute approximate surface area is 181 Å². The van der Waals surface area contributed by atoms with Gasteiger partial charge in [-0.05, 0) is 55.1 Å². The van der Waals surface area contributed by atoms with Crippen LogP contribution in [0, 0.1) is 11.3 Å². The molecule has 1 fully saturated rings. The number of carbonyl (C=O) groups is 3. The number of fused-ring (bicyclic) bond motifs is 1. The molecule has 0 atom stereocenters. The van der Waals surface area contributed by atoms with Crippen molar-refractivity contribution in [1.29, 1.82) is 5.26 Å². The van der Waals surface area contributed by atoms with Gasteiger partial charge in [-0.2, -0.15) is 5.26 Å². The second-order valence-electron chi connectivity index (χ2n) is 6.92. The summed E-state index contributed by atoms with van der Waals surface area (Å²) in [6.07, 6.45) is 3.58. The van der Waals surface area contributed by atoms with E-state index in [0.717, 1.165) is 53.6 Å². The van der Waals surface area contributed by atoms with Crippen molar-refractivity contribution >= 4 is 50.7 Å². The van der Waals surface area contributed by atoms with Crippen LogP contribution in [0.25, 0.3) is 0 Å². The molecule has 1 aromatic carbocycles. The van der Waals surface area contributed by atoms with Crippen LogP contribution in [-0.2, 0) is 22.4 Å². The van der Waals surface area contributed by atoms with Crippen molar-refractivity contribution in [2.75, 3.05) is 16.8 Å². The zero-order valence-corrected chi connectivity index (χ0v) is 17.6. The SMILES string of the molecule is N#C/C(C(=O)Nc1sc2c(c1C(N)=O)CCCC2)=C1\SC(=O)CN1c1ccccc1. The summed E-state index contributed by atoms with van der Waals surface area (Å²) < 4.78 is 0. The number of aryl methyl sites for hydroxylation is 1. The first kappa shape index (κ1) is 20.2. The van der Waals surface area contributed by atoms with E-state index in [1.807, 2.05) is 36.4 Å². The number of para-hydroxylation sites is 1. The molecule has 2 amide bonds. The lowest BCUT2D eigenvalue weighted by molar-refractivity contribution is -0.112. The number of nitrogens with two attached hydrogens (primary N) is 1. The molecule has 1 aliphatic carbocycles. The average molecular weight is 439 g/mol. The minimum atomic E-state index is -0.656. The molecule has 9 heteroatoms. The van der Waals surface area contributed by atoms with Gasteiger partial charge in [-0.25, -0.2) is 0 Å². The molecule has 2 aromatic rings. The fourth-order valence-electron chi connectivity index (χ4n) is 3.67. The van der Waals surface area contributed by atoms with E-state index < -0.39 is 11.8 Å². The summed E-state index contributed by atoms with van der Waals surface area (Å²) in [5.74, 6) is -1.25. The van der Waals surface area contributed by atoms with Crippen molar-refractivity contribution < 1.29 is 14.4 Å². The lowest BCUT2D eigenvalue weighted by atomic mass is 9.95. The zero-order chi connectivity index (χ0) is 21.3. The maximum absolute atomic E-state index is 13.0. The molecule has 30 heavy (non-hydrogen) atoms. The van der Waals surface area contributed by atoms with Crippen LogP contribution in [0.1, 0.15) is 33.6 Å². The summed E-state index contributed by atoms with van der Waals surface area (Å²) in [7, 11) is 0. The lowest BCUT2D eigenvalue weighted by Crippen LogP contribution is -2.24. The van der Waals surface area contributed by atoms with Gasteiger partial charge >= 0.3 is 0 Å². The number of amides is 2. The topological polar surface area (TPSA) is 116 Å². The first-order valence-electron chi connectivity index (χ1n) is 9.43. The minimum absolute atomic E-state index is 0.0717. The molecule has 2 heterocycles. The molecular formula is C21H18N4O3S2. The van der Waals surface area contributed by atoms with Gasteiger partial charge in [-0.3, -0.25) is 14.4 Å². The Balaban J connectivity index is 1.70. The van der Waals surface area contributed by atoms with Crippen LogP contribution in [-0.4, -0.2) is 23.5 Å². The predicted octanol–water partition coefficient (Wildman–Crippen LogP) is 3.18. The molecule has 7 nitrogen and oxygen atoms in total. The first-order chi connectivity index (χ1) is 14.5. The average Bonchev–Trinajstić information content (AvgIpc) is 3.29. The van der Waals surface area contributed by atoms with Gasteiger partial charge in [0.05, 0.1) is 12.1 Å². The monoisotopic (exact) mass is 438 g/mol. The minimum Gasteiger partial charge on any atom is -0.365 e. The summed E-state index contributed by atoms with van der Waals surface area (Å²) >= 11 is 2.21. The smallest absolute Gasteiger partial charge is 0.269 e. The Bertz CT molecular complexity index is 1120. The summed E-state index contributed by atoms with van der Waals surface area (Å²) in [5.41, 5.74) is 7.37. The molecule has 0 radical (unpaired) electrons. The third kappa shape index (κ3) is 3.72. The fourth-order valence-corrected chi connectivity index (χ4v) is 5.89. The standard InChI is InChI=1S/C21H18N4O3S2/c22-10-14(21-25(11-16(26)30-21)12-6-2-1-3-7-12)19(28)24-20-17(18(23)27)13-8-4-5-9-15(13)29-20/h1-3,6-7H,4-5,8-9,11H2,(H2,23,27)(H,24,28)/b21-14+. The highest BCUT2D eigenvalue weighted by Gasteiger charge is 2.33. The number of nitrogens with one attached hydrogen (secondary N) is 1. The number of thioether (sulfide) groups is 1. The van der Waals surface area contributed by atoms with Crippen molar-refractivity contribution in [3.05, 3.63) is 56.9 Å². The van der Waals surface area contributed by atoms with Gasteiger partial charge in [0.25, 0.3) is 11.8 Å². The van der Waals surface area contributed by atoms with E-state index in [1.165, 1.54) is 11.3 Å². The molecule has 3 N–H and O–H groups in total. The zero-order valence-electron chi connectivity index (χ0n) is 15.9. The normalized spacial score (nSPS) is 17.3. The number of carbonyl (C=O) groups excluding carboxylic acids is 3. The largest absolute Gasteiger partial charge is 0.365 e. The maximum atomic E-state index is 13.0. The van der Waals surface area contributed by atoms with Crippen molar-refractivity contribution in [1.82, 2.24) is 0 Å². The predicted molar refractivity (Wildman–Crippen MR) is 117 cm³/mol. The number of nitriles is 1. The highest BCUT2D eigenvalue weighted by Crippen LogP contribution is 2.39. The quantitative estimate of drug-likeness (QED) is 0.559. The van der Waals surface area contributed by atoms with Gasteiger partial charge in [0.15, 0.2) is 0 Å². The molecule has 1 aromatic heterocycles. The Morgan fingerprint density at radius 1 is 1.17 bits per heavy atom. The highest BCUT2D eigenvalue weighted by molar-refractivity contribution is 8.17. The molecule has 0 bridgehead atoms. The van der Waals surface area contributed by atoms with E-state index in [4.69, 9.17) is 5.73 Å². The second-order valence-corrected chi connectivity index (χ2v) is 9.07.